The number of imide groups is 1. The predicted octanol–water partition coefficient (Wildman–Crippen LogP) is -0.0555. The maximum absolute atomic E-state index is 11.4. The number of rotatable bonds is 3. The zero-order valence-corrected chi connectivity index (χ0v) is 8.28. The van der Waals surface area contributed by atoms with E-state index in [1.807, 2.05) is 0 Å². The van der Waals surface area contributed by atoms with Gasteiger partial charge in [-0.1, -0.05) is 6.92 Å². The average molecular weight is 199 g/mol. The lowest BCUT2D eigenvalue weighted by Gasteiger charge is -2.13. The highest BCUT2D eigenvalue weighted by Gasteiger charge is 2.35. The van der Waals surface area contributed by atoms with Gasteiger partial charge in [-0.15, -0.1) is 0 Å². The maximum Gasteiger partial charge on any atom is 0.302 e. The van der Waals surface area contributed by atoms with Crippen molar-refractivity contribution in [3.63, 3.8) is 0 Å². The third-order valence-electron chi connectivity index (χ3n) is 2.09. The van der Waals surface area contributed by atoms with E-state index in [1.54, 1.807) is 6.92 Å². The molecule has 1 atom stereocenters. The fourth-order valence-corrected chi connectivity index (χ4v) is 1.36. The largest absolute Gasteiger partial charge is 0.464 e. The van der Waals surface area contributed by atoms with Gasteiger partial charge in [0, 0.05) is 19.3 Å². The highest BCUT2D eigenvalue weighted by Crippen LogP contribution is 2.17. The molecule has 0 N–H and O–H groups in total. The lowest BCUT2D eigenvalue weighted by atomic mass is 10.1. The maximum atomic E-state index is 11.4. The molecule has 1 fully saturated rings. The van der Waals surface area contributed by atoms with Crippen molar-refractivity contribution in [2.24, 2.45) is 5.92 Å². The fourth-order valence-electron chi connectivity index (χ4n) is 1.36. The number of carbonyl (C=O) groups excluding carboxylic acids is 3. The van der Waals surface area contributed by atoms with Crippen LogP contribution < -0.4 is 0 Å². The molecule has 0 spiro atoms. The lowest BCUT2D eigenvalue weighted by molar-refractivity contribution is -0.146. The normalized spacial score (nSPS) is 21.6. The van der Waals surface area contributed by atoms with Crippen LogP contribution in [0.2, 0.25) is 0 Å². The molecule has 14 heavy (non-hydrogen) atoms. The first kappa shape index (κ1) is 10.7. The second-order valence-electron chi connectivity index (χ2n) is 3.33. The Morgan fingerprint density at radius 1 is 1.57 bits per heavy atom. The third-order valence-corrected chi connectivity index (χ3v) is 2.09. The standard InChI is InChI=1S/C9H13NO4/c1-6-5-8(12)10(9(6)13)3-4-14-7(2)11/h6H,3-5H2,1-2H3. The van der Waals surface area contributed by atoms with Gasteiger partial charge in [0.25, 0.3) is 0 Å². The van der Waals surface area contributed by atoms with Crippen molar-refractivity contribution in [2.45, 2.75) is 20.3 Å². The van der Waals surface area contributed by atoms with E-state index >= 15 is 0 Å². The van der Waals surface area contributed by atoms with Gasteiger partial charge in [-0.25, -0.2) is 0 Å². The fraction of sp³-hybridized carbons (Fsp3) is 0.667. The van der Waals surface area contributed by atoms with Gasteiger partial charge in [0.1, 0.15) is 6.61 Å². The van der Waals surface area contributed by atoms with Gasteiger partial charge in [0.05, 0.1) is 6.54 Å². The highest BCUT2D eigenvalue weighted by molar-refractivity contribution is 6.03. The topological polar surface area (TPSA) is 63.7 Å². The molecule has 2 amide bonds. The second kappa shape index (κ2) is 4.21. The van der Waals surface area contributed by atoms with Crippen LogP contribution in [0.4, 0.5) is 0 Å². The number of ether oxygens (including phenoxy) is 1. The number of hydrogen-bond donors (Lipinski definition) is 0. The molecule has 5 heteroatoms. The van der Waals surface area contributed by atoms with E-state index in [-0.39, 0.29) is 37.3 Å². The molecule has 1 saturated heterocycles. The van der Waals surface area contributed by atoms with Crippen LogP contribution in [0.1, 0.15) is 20.3 Å². The minimum absolute atomic E-state index is 0.0829. The molecule has 0 aliphatic carbocycles. The minimum atomic E-state index is -0.405. The quantitative estimate of drug-likeness (QED) is 0.472. The van der Waals surface area contributed by atoms with E-state index in [0.29, 0.717) is 0 Å². The third kappa shape index (κ3) is 2.31. The zero-order chi connectivity index (χ0) is 10.7. The number of amides is 2. The molecular weight excluding hydrogens is 186 g/mol. The summed E-state index contributed by atoms with van der Waals surface area (Å²) in [7, 11) is 0. The summed E-state index contributed by atoms with van der Waals surface area (Å²) in [6, 6.07) is 0. The first-order valence-corrected chi connectivity index (χ1v) is 4.50. The molecule has 0 bridgehead atoms. The van der Waals surface area contributed by atoms with E-state index in [1.165, 1.54) is 6.92 Å². The number of hydrogen-bond acceptors (Lipinski definition) is 4. The van der Waals surface area contributed by atoms with E-state index < -0.39 is 5.97 Å². The summed E-state index contributed by atoms with van der Waals surface area (Å²) in [4.78, 5) is 34.2. The van der Waals surface area contributed by atoms with Crippen LogP contribution in [0.25, 0.3) is 0 Å². The van der Waals surface area contributed by atoms with Crippen LogP contribution in [0, 0.1) is 5.92 Å². The van der Waals surface area contributed by atoms with E-state index in [2.05, 4.69) is 4.74 Å². The molecule has 1 aliphatic heterocycles. The SMILES string of the molecule is CC(=O)OCCN1C(=O)CC(C)C1=O. The van der Waals surface area contributed by atoms with Gasteiger partial charge in [-0.2, -0.15) is 0 Å². The van der Waals surface area contributed by atoms with Crippen LogP contribution in [0.15, 0.2) is 0 Å². The number of likely N-dealkylation sites (tertiary alicyclic amines) is 1. The Kier molecular flexibility index (Phi) is 3.22. The Hall–Kier alpha value is -1.39. The van der Waals surface area contributed by atoms with E-state index in [4.69, 9.17) is 0 Å². The predicted molar refractivity (Wildman–Crippen MR) is 47.1 cm³/mol. The molecule has 0 saturated carbocycles. The van der Waals surface area contributed by atoms with Crippen LogP contribution >= 0.6 is 0 Å². The first-order chi connectivity index (χ1) is 6.52. The van der Waals surface area contributed by atoms with Gasteiger partial charge in [0.2, 0.25) is 11.8 Å². The van der Waals surface area contributed by atoms with Crippen LogP contribution in [0.3, 0.4) is 0 Å². The molecule has 0 aromatic rings. The molecule has 1 unspecified atom stereocenters. The number of esters is 1. The summed E-state index contributed by atoms with van der Waals surface area (Å²) in [5.74, 6) is -1.01. The van der Waals surface area contributed by atoms with Crippen molar-refractivity contribution < 1.29 is 19.1 Å². The molecule has 1 heterocycles. The molecule has 1 rings (SSSR count). The van der Waals surface area contributed by atoms with Crippen LogP contribution in [-0.4, -0.2) is 35.8 Å². The van der Waals surface area contributed by atoms with Crippen molar-refractivity contribution in [2.75, 3.05) is 13.2 Å². The summed E-state index contributed by atoms with van der Waals surface area (Å²) < 4.78 is 4.65. The second-order valence-corrected chi connectivity index (χ2v) is 3.33. The monoisotopic (exact) mass is 199 g/mol. The Morgan fingerprint density at radius 3 is 2.64 bits per heavy atom. The average Bonchev–Trinajstić information content (AvgIpc) is 2.31. The number of nitrogens with zero attached hydrogens (tertiary/aromatic N) is 1. The zero-order valence-electron chi connectivity index (χ0n) is 8.28. The lowest BCUT2D eigenvalue weighted by Crippen LogP contribution is -2.33. The van der Waals surface area contributed by atoms with Crippen molar-refractivity contribution >= 4 is 17.8 Å². The summed E-state index contributed by atoms with van der Waals surface area (Å²) in [5.41, 5.74) is 0. The Bertz CT molecular complexity index is 274. The van der Waals surface area contributed by atoms with Gasteiger partial charge in [0.15, 0.2) is 0 Å². The highest BCUT2D eigenvalue weighted by atomic mass is 16.5. The molecule has 0 aromatic carbocycles. The number of carbonyl (C=O) groups is 3. The van der Waals surface area contributed by atoms with Crippen molar-refractivity contribution in [3.8, 4) is 0 Å². The van der Waals surface area contributed by atoms with Gasteiger partial charge in [-0.05, 0) is 0 Å². The minimum Gasteiger partial charge on any atom is -0.464 e. The first-order valence-electron chi connectivity index (χ1n) is 4.50. The Balaban J connectivity index is 2.41. The van der Waals surface area contributed by atoms with Gasteiger partial charge < -0.3 is 4.74 Å². The summed E-state index contributed by atoms with van der Waals surface area (Å²) >= 11 is 0. The Morgan fingerprint density at radius 2 is 2.21 bits per heavy atom. The van der Waals surface area contributed by atoms with E-state index in [9.17, 15) is 14.4 Å². The van der Waals surface area contributed by atoms with Gasteiger partial charge >= 0.3 is 5.97 Å². The van der Waals surface area contributed by atoms with Crippen LogP contribution in [-0.2, 0) is 19.1 Å². The molecular formula is C9H13NO4. The summed E-state index contributed by atoms with van der Waals surface area (Å²) in [6.45, 7) is 3.25. The molecule has 78 valence electrons. The van der Waals surface area contributed by atoms with Crippen LogP contribution in [0.5, 0.6) is 0 Å². The molecule has 0 radical (unpaired) electrons. The summed E-state index contributed by atoms with van der Waals surface area (Å²) in [6.07, 6.45) is 0.263. The summed E-state index contributed by atoms with van der Waals surface area (Å²) in [5, 5.41) is 0. The van der Waals surface area contributed by atoms with Crippen molar-refractivity contribution in [1.82, 2.24) is 4.90 Å². The Labute approximate surface area is 82.0 Å². The van der Waals surface area contributed by atoms with E-state index in [0.717, 1.165) is 4.90 Å². The molecule has 5 nitrogen and oxygen atoms in total. The van der Waals surface area contributed by atoms with Crippen molar-refractivity contribution in [1.29, 1.82) is 0 Å². The molecule has 1 aliphatic rings. The smallest absolute Gasteiger partial charge is 0.302 e. The van der Waals surface area contributed by atoms with Crippen molar-refractivity contribution in [3.05, 3.63) is 0 Å². The van der Waals surface area contributed by atoms with Gasteiger partial charge in [-0.3, -0.25) is 19.3 Å². The molecule has 0 aromatic heterocycles.